The molecule has 2 heterocycles. The number of methoxy groups -OCH3 is 2. The Bertz CT molecular complexity index is 1080. The third kappa shape index (κ3) is 3.60. The maximum atomic E-state index is 13.0. The first-order chi connectivity index (χ1) is 14.7. The van der Waals surface area contributed by atoms with Gasteiger partial charge in [0.1, 0.15) is 6.61 Å². The molecule has 1 unspecified atom stereocenters. The van der Waals surface area contributed by atoms with Gasteiger partial charge >= 0.3 is 12.1 Å². The highest BCUT2D eigenvalue weighted by atomic mass is 19.4. The molecule has 0 spiro atoms. The van der Waals surface area contributed by atoms with Crippen molar-refractivity contribution in [2.45, 2.75) is 18.5 Å². The van der Waals surface area contributed by atoms with E-state index in [4.69, 9.17) is 14.2 Å². The van der Waals surface area contributed by atoms with E-state index in [1.807, 2.05) is 0 Å². The number of amides is 1. The molecule has 0 bridgehead atoms. The number of carbonyl (C=O) groups is 2. The van der Waals surface area contributed by atoms with Crippen LogP contribution in [-0.4, -0.2) is 32.7 Å². The molecular formula is C22H18F3NO5. The molecule has 31 heavy (non-hydrogen) atoms. The minimum absolute atomic E-state index is 0.0512. The molecule has 1 atom stereocenters. The molecule has 0 aliphatic carbocycles. The molecule has 2 aliphatic heterocycles. The maximum absolute atomic E-state index is 13.0. The number of nitrogens with zero attached hydrogens (tertiary/aromatic N) is 1. The van der Waals surface area contributed by atoms with Crippen LogP contribution in [0.4, 0.5) is 18.9 Å². The Morgan fingerprint density at radius 3 is 2.29 bits per heavy atom. The van der Waals surface area contributed by atoms with E-state index in [1.165, 1.54) is 31.3 Å². The third-order valence-corrected chi connectivity index (χ3v) is 5.38. The van der Waals surface area contributed by atoms with Gasteiger partial charge in [0, 0.05) is 18.0 Å². The van der Waals surface area contributed by atoms with E-state index in [-0.39, 0.29) is 24.6 Å². The van der Waals surface area contributed by atoms with Crippen LogP contribution >= 0.6 is 0 Å². The summed E-state index contributed by atoms with van der Waals surface area (Å²) in [5, 5.41) is 0. The average Bonchev–Trinajstić information content (AvgIpc) is 3.13. The zero-order valence-electron chi connectivity index (χ0n) is 16.7. The summed E-state index contributed by atoms with van der Waals surface area (Å²) in [6, 6.07) is 9.35. The standard InChI is InChI=1S/C22H18F3NO5/c1-29-17-8-3-12(9-18(17)30-2)15-10-19(27)26(16-11-31-21(28)20(15)16)14-6-4-13(5-7-14)22(23,24)25/h3-9,15H,10-11H2,1-2H3. The van der Waals surface area contributed by atoms with Crippen molar-refractivity contribution < 1.29 is 37.0 Å². The van der Waals surface area contributed by atoms with Crippen molar-refractivity contribution in [1.29, 1.82) is 0 Å². The Morgan fingerprint density at radius 1 is 1.00 bits per heavy atom. The Hall–Kier alpha value is -3.49. The van der Waals surface area contributed by atoms with E-state index in [2.05, 4.69) is 0 Å². The Morgan fingerprint density at radius 2 is 1.68 bits per heavy atom. The quantitative estimate of drug-likeness (QED) is 0.681. The van der Waals surface area contributed by atoms with Crippen LogP contribution in [0.15, 0.2) is 53.7 Å². The highest BCUT2D eigenvalue weighted by Crippen LogP contribution is 2.44. The third-order valence-electron chi connectivity index (χ3n) is 5.38. The van der Waals surface area contributed by atoms with Crippen LogP contribution in [0.3, 0.4) is 0 Å². The van der Waals surface area contributed by atoms with Crippen molar-refractivity contribution in [2.24, 2.45) is 0 Å². The minimum atomic E-state index is -4.49. The summed E-state index contributed by atoms with van der Waals surface area (Å²) in [4.78, 5) is 26.8. The van der Waals surface area contributed by atoms with Crippen LogP contribution < -0.4 is 14.4 Å². The zero-order valence-corrected chi connectivity index (χ0v) is 16.7. The van der Waals surface area contributed by atoms with Gasteiger partial charge in [-0.2, -0.15) is 13.2 Å². The summed E-state index contributed by atoms with van der Waals surface area (Å²) in [5.74, 6) is -0.520. The second-order valence-electron chi connectivity index (χ2n) is 7.08. The lowest BCUT2D eigenvalue weighted by molar-refractivity contribution is -0.138. The molecule has 0 fully saturated rings. The van der Waals surface area contributed by atoms with Gasteiger partial charge in [-0.25, -0.2) is 4.79 Å². The second kappa shape index (κ2) is 7.64. The summed E-state index contributed by atoms with van der Waals surface area (Å²) in [7, 11) is 2.98. The number of esters is 1. The average molecular weight is 433 g/mol. The van der Waals surface area contributed by atoms with Crippen molar-refractivity contribution in [1.82, 2.24) is 0 Å². The van der Waals surface area contributed by atoms with Crippen LogP contribution in [0.25, 0.3) is 0 Å². The summed E-state index contributed by atoms with van der Waals surface area (Å²) >= 11 is 0. The number of hydrogen-bond donors (Lipinski definition) is 0. The molecule has 2 aliphatic rings. The van der Waals surface area contributed by atoms with Gasteiger partial charge in [0.2, 0.25) is 5.91 Å². The van der Waals surface area contributed by atoms with Gasteiger partial charge in [-0.3, -0.25) is 9.69 Å². The van der Waals surface area contributed by atoms with Gasteiger partial charge in [-0.1, -0.05) is 6.07 Å². The number of rotatable bonds is 4. The molecule has 4 rings (SSSR count). The lowest BCUT2D eigenvalue weighted by Gasteiger charge is -2.32. The fourth-order valence-electron chi connectivity index (χ4n) is 3.91. The fraction of sp³-hybridized carbons (Fsp3) is 0.273. The largest absolute Gasteiger partial charge is 0.493 e. The number of anilines is 1. The van der Waals surface area contributed by atoms with Gasteiger partial charge in [0.25, 0.3) is 0 Å². The molecule has 9 heteroatoms. The molecule has 2 aromatic carbocycles. The fourth-order valence-corrected chi connectivity index (χ4v) is 3.91. The van der Waals surface area contributed by atoms with Crippen LogP contribution in [0, 0.1) is 0 Å². The van der Waals surface area contributed by atoms with E-state index in [0.29, 0.717) is 28.3 Å². The van der Waals surface area contributed by atoms with Crippen molar-refractivity contribution >= 4 is 17.6 Å². The van der Waals surface area contributed by atoms with Crippen molar-refractivity contribution in [3.63, 3.8) is 0 Å². The molecular weight excluding hydrogens is 415 g/mol. The monoisotopic (exact) mass is 433 g/mol. The first-order valence-electron chi connectivity index (χ1n) is 9.37. The van der Waals surface area contributed by atoms with Crippen LogP contribution in [0.1, 0.15) is 23.5 Å². The highest BCUT2D eigenvalue weighted by molar-refractivity contribution is 6.06. The molecule has 0 aromatic heterocycles. The lowest BCUT2D eigenvalue weighted by Crippen LogP contribution is -2.37. The molecule has 0 N–H and O–H groups in total. The maximum Gasteiger partial charge on any atom is 0.416 e. The molecule has 0 saturated heterocycles. The molecule has 0 radical (unpaired) electrons. The van der Waals surface area contributed by atoms with Crippen molar-refractivity contribution in [2.75, 3.05) is 25.7 Å². The number of carbonyl (C=O) groups excluding carboxylic acids is 2. The van der Waals surface area contributed by atoms with Crippen LogP contribution in [0.2, 0.25) is 0 Å². The summed E-state index contributed by atoms with van der Waals surface area (Å²) < 4.78 is 54.4. The Balaban J connectivity index is 1.76. The smallest absolute Gasteiger partial charge is 0.416 e. The first-order valence-corrected chi connectivity index (χ1v) is 9.37. The zero-order chi connectivity index (χ0) is 22.3. The predicted octanol–water partition coefficient (Wildman–Crippen LogP) is 4.05. The van der Waals surface area contributed by atoms with Crippen LogP contribution in [-0.2, 0) is 20.5 Å². The van der Waals surface area contributed by atoms with Crippen LogP contribution in [0.5, 0.6) is 11.5 Å². The number of halogens is 3. The topological polar surface area (TPSA) is 65.1 Å². The van der Waals surface area contributed by atoms with E-state index in [1.54, 1.807) is 18.2 Å². The Labute approximate surface area is 175 Å². The second-order valence-corrected chi connectivity index (χ2v) is 7.08. The van der Waals surface area contributed by atoms with E-state index in [9.17, 15) is 22.8 Å². The first kappa shape index (κ1) is 20.8. The predicted molar refractivity (Wildman–Crippen MR) is 104 cm³/mol. The molecule has 2 aromatic rings. The van der Waals surface area contributed by atoms with Gasteiger partial charge in [-0.15, -0.1) is 0 Å². The summed E-state index contributed by atoms with van der Waals surface area (Å²) in [6.07, 6.45) is -4.54. The van der Waals surface area contributed by atoms with E-state index in [0.717, 1.165) is 12.1 Å². The Kier molecular flexibility index (Phi) is 5.12. The van der Waals surface area contributed by atoms with Gasteiger partial charge < -0.3 is 14.2 Å². The molecule has 1 amide bonds. The lowest BCUT2D eigenvalue weighted by atomic mass is 9.84. The van der Waals surface area contributed by atoms with E-state index < -0.39 is 23.6 Å². The summed E-state index contributed by atoms with van der Waals surface area (Å²) in [6.45, 7) is -0.134. The normalized spacial score (nSPS) is 18.7. The van der Waals surface area contributed by atoms with Crippen molar-refractivity contribution in [3.05, 3.63) is 64.9 Å². The van der Waals surface area contributed by atoms with Gasteiger partial charge in [0.15, 0.2) is 11.5 Å². The van der Waals surface area contributed by atoms with E-state index >= 15 is 0 Å². The van der Waals surface area contributed by atoms with Crippen molar-refractivity contribution in [3.8, 4) is 11.5 Å². The molecule has 0 saturated carbocycles. The highest BCUT2D eigenvalue weighted by Gasteiger charge is 2.43. The number of hydrogen-bond acceptors (Lipinski definition) is 5. The SMILES string of the molecule is COc1ccc(C2CC(=O)N(c3ccc(C(F)(F)F)cc3)C3=C2C(=O)OC3)cc1OC. The number of ether oxygens (including phenoxy) is 3. The minimum Gasteiger partial charge on any atom is -0.493 e. The molecule has 6 nitrogen and oxygen atoms in total. The molecule has 162 valence electrons. The van der Waals surface area contributed by atoms with Gasteiger partial charge in [-0.05, 0) is 42.0 Å². The number of benzene rings is 2. The number of alkyl halides is 3. The van der Waals surface area contributed by atoms with Gasteiger partial charge in [0.05, 0.1) is 31.1 Å². The number of cyclic esters (lactones) is 1. The summed E-state index contributed by atoms with van der Waals surface area (Å²) in [5.41, 5.74) is 0.739.